The Kier molecular flexibility index (Phi) is 5.82. The van der Waals surface area contributed by atoms with Gasteiger partial charge < -0.3 is 14.6 Å². The Morgan fingerprint density at radius 3 is 2.29 bits per heavy atom. The Morgan fingerprint density at radius 1 is 0.886 bits per heavy atom. The second-order valence-corrected chi connectivity index (χ2v) is 10.3. The molecule has 0 radical (unpaired) electrons. The van der Waals surface area contributed by atoms with Gasteiger partial charge in [-0.2, -0.15) is 0 Å². The van der Waals surface area contributed by atoms with Crippen LogP contribution >= 0.6 is 11.6 Å². The maximum Gasteiger partial charge on any atom is 0.496 e. The number of halogens is 1. The first-order valence-electron chi connectivity index (χ1n) is 11.7. The summed E-state index contributed by atoms with van der Waals surface area (Å²) < 4.78 is 12.5. The van der Waals surface area contributed by atoms with Gasteiger partial charge in [0, 0.05) is 39.8 Å². The molecule has 0 amide bonds. The van der Waals surface area contributed by atoms with Crippen LogP contribution in [0.4, 0.5) is 11.5 Å². The highest BCUT2D eigenvalue weighted by atomic mass is 35.5. The summed E-state index contributed by atoms with van der Waals surface area (Å²) in [4.78, 5) is 13.6. The predicted octanol–water partition coefficient (Wildman–Crippen LogP) is 6.00. The number of hydrogen-bond acceptors (Lipinski definition) is 6. The van der Waals surface area contributed by atoms with E-state index in [0.29, 0.717) is 10.8 Å². The number of benzene rings is 2. The summed E-state index contributed by atoms with van der Waals surface area (Å²) in [7, 11) is -0.532. The number of aryl methyl sites for hydroxylation is 1. The van der Waals surface area contributed by atoms with E-state index in [1.54, 1.807) is 12.4 Å². The van der Waals surface area contributed by atoms with Crippen molar-refractivity contribution in [3.63, 3.8) is 0 Å². The van der Waals surface area contributed by atoms with Crippen LogP contribution in [0.5, 0.6) is 0 Å². The zero-order valence-corrected chi connectivity index (χ0v) is 21.6. The molecule has 0 spiro atoms. The van der Waals surface area contributed by atoms with E-state index in [-0.39, 0.29) is 0 Å². The second kappa shape index (κ2) is 8.59. The Morgan fingerprint density at radius 2 is 1.54 bits per heavy atom. The van der Waals surface area contributed by atoms with Gasteiger partial charge in [0.25, 0.3) is 0 Å². The van der Waals surface area contributed by atoms with Gasteiger partial charge in [0.2, 0.25) is 0 Å². The largest absolute Gasteiger partial charge is 0.496 e. The molecule has 0 bridgehead atoms. The third kappa shape index (κ3) is 4.18. The highest BCUT2D eigenvalue weighted by molar-refractivity contribution is 6.66. The molecular formula is C27H28BClN4O2. The summed E-state index contributed by atoms with van der Waals surface area (Å²) in [5, 5.41) is 4.09. The minimum Gasteiger partial charge on any atom is -0.399 e. The highest BCUT2D eigenvalue weighted by Gasteiger charge is 2.52. The number of nitrogens with zero attached hydrogens (tertiary/aromatic N) is 3. The fraction of sp³-hybridized carbons (Fsp3) is 0.296. The summed E-state index contributed by atoms with van der Waals surface area (Å²) in [6, 6.07) is 14.0. The van der Waals surface area contributed by atoms with Crippen LogP contribution in [0.1, 0.15) is 39.0 Å². The lowest BCUT2D eigenvalue weighted by Gasteiger charge is -2.32. The van der Waals surface area contributed by atoms with Gasteiger partial charge in [-0.3, -0.25) is 4.98 Å². The lowest BCUT2D eigenvalue weighted by molar-refractivity contribution is 0.00578. The molecular weight excluding hydrogens is 459 g/mol. The number of fused-ring (bicyclic) bond motifs is 1. The normalized spacial score (nSPS) is 16.6. The van der Waals surface area contributed by atoms with E-state index in [2.05, 4.69) is 33.3 Å². The fourth-order valence-corrected chi connectivity index (χ4v) is 4.60. The Balaban J connectivity index is 1.54. The van der Waals surface area contributed by atoms with Crippen LogP contribution in [-0.2, 0) is 9.31 Å². The van der Waals surface area contributed by atoms with E-state index in [1.165, 1.54) is 0 Å². The minimum atomic E-state index is -0.532. The van der Waals surface area contributed by atoms with E-state index in [1.807, 2.05) is 71.0 Å². The van der Waals surface area contributed by atoms with Crippen LogP contribution in [0.3, 0.4) is 0 Å². The van der Waals surface area contributed by atoms with Crippen molar-refractivity contribution >= 4 is 46.7 Å². The van der Waals surface area contributed by atoms with E-state index >= 15 is 0 Å². The number of anilines is 2. The van der Waals surface area contributed by atoms with Crippen molar-refractivity contribution < 1.29 is 9.31 Å². The third-order valence-electron chi connectivity index (χ3n) is 7.00. The molecule has 4 aromatic rings. The molecule has 0 atom stereocenters. The van der Waals surface area contributed by atoms with E-state index in [0.717, 1.165) is 44.6 Å². The van der Waals surface area contributed by atoms with Crippen molar-refractivity contribution in [3.05, 3.63) is 71.1 Å². The summed E-state index contributed by atoms with van der Waals surface area (Å²) in [5.41, 5.74) is 6.23. The van der Waals surface area contributed by atoms with Crippen LogP contribution in [-0.4, -0.2) is 33.3 Å². The van der Waals surface area contributed by atoms with Gasteiger partial charge in [-0.1, -0.05) is 41.9 Å². The van der Waals surface area contributed by atoms with E-state index < -0.39 is 18.3 Å². The van der Waals surface area contributed by atoms with Crippen LogP contribution in [0.2, 0.25) is 5.02 Å². The molecule has 1 saturated heterocycles. The van der Waals surface area contributed by atoms with Crippen molar-refractivity contribution in [1.82, 2.24) is 15.0 Å². The Bertz CT molecular complexity index is 1420. The molecule has 178 valence electrons. The van der Waals surface area contributed by atoms with Crippen LogP contribution in [0.25, 0.3) is 22.2 Å². The van der Waals surface area contributed by atoms with Crippen molar-refractivity contribution in [2.24, 2.45) is 0 Å². The SMILES string of the molecule is Cc1cc2nccnc2c(Nc2cccc(-c3cccc(B4OC(C)(C)C(C)(C)O4)c3Cl)c2C)n1. The first-order valence-corrected chi connectivity index (χ1v) is 12.0. The van der Waals surface area contributed by atoms with Crippen LogP contribution < -0.4 is 10.8 Å². The molecule has 5 rings (SSSR count). The Hall–Kier alpha value is -3.00. The first-order chi connectivity index (χ1) is 16.6. The molecule has 0 saturated carbocycles. The first kappa shape index (κ1) is 23.7. The lowest BCUT2D eigenvalue weighted by Crippen LogP contribution is -2.41. The topological polar surface area (TPSA) is 69.2 Å². The zero-order chi connectivity index (χ0) is 25.0. The molecule has 1 fully saturated rings. The molecule has 0 aliphatic carbocycles. The number of hydrogen-bond donors (Lipinski definition) is 1. The van der Waals surface area contributed by atoms with Gasteiger partial charge in [-0.25, -0.2) is 9.97 Å². The van der Waals surface area contributed by atoms with E-state index in [4.69, 9.17) is 20.9 Å². The average molecular weight is 487 g/mol. The van der Waals surface area contributed by atoms with Crippen LogP contribution in [0.15, 0.2) is 54.9 Å². The average Bonchev–Trinajstić information content (AvgIpc) is 3.02. The molecule has 35 heavy (non-hydrogen) atoms. The zero-order valence-electron chi connectivity index (χ0n) is 20.8. The predicted molar refractivity (Wildman–Crippen MR) is 143 cm³/mol. The van der Waals surface area contributed by atoms with Gasteiger partial charge in [0.05, 0.1) is 16.7 Å². The fourth-order valence-electron chi connectivity index (χ4n) is 4.28. The van der Waals surface area contributed by atoms with Crippen molar-refractivity contribution in [1.29, 1.82) is 0 Å². The molecule has 6 nitrogen and oxygen atoms in total. The summed E-state index contributed by atoms with van der Waals surface area (Å²) in [5.74, 6) is 0.672. The summed E-state index contributed by atoms with van der Waals surface area (Å²) >= 11 is 6.98. The third-order valence-corrected chi connectivity index (χ3v) is 7.42. The maximum absolute atomic E-state index is 6.98. The molecule has 8 heteroatoms. The van der Waals surface area contributed by atoms with Gasteiger partial charge in [0.15, 0.2) is 5.82 Å². The number of rotatable bonds is 4. The van der Waals surface area contributed by atoms with Crippen molar-refractivity contribution in [2.75, 3.05) is 5.32 Å². The molecule has 2 aromatic carbocycles. The summed E-state index contributed by atoms with van der Waals surface area (Å²) in [6.45, 7) is 12.2. The van der Waals surface area contributed by atoms with Crippen molar-refractivity contribution in [3.8, 4) is 11.1 Å². The molecule has 3 heterocycles. The van der Waals surface area contributed by atoms with Gasteiger partial charge in [0.1, 0.15) is 5.52 Å². The van der Waals surface area contributed by atoms with Crippen molar-refractivity contribution in [2.45, 2.75) is 52.7 Å². The van der Waals surface area contributed by atoms with E-state index in [9.17, 15) is 0 Å². The highest BCUT2D eigenvalue weighted by Crippen LogP contribution is 2.39. The summed E-state index contributed by atoms with van der Waals surface area (Å²) in [6.07, 6.45) is 3.36. The number of nitrogens with one attached hydrogen (secondary N) is 1. The quantitative estimate of drug-likeness (QED) is 0.357. The molecule has 0 unspecified atom stereocenters. The standard InChI is InChI=1S/C27H28BClN4O2/c1-16-15-22-24(31-14-13-30-22)25(32-16)33-21-12-8-9-18(17(21)2)19-10-7-11-20(23(19)29)28-34-26(3,4)27(5,6)35-28/h7-15H,1-6H3,(H,32,33). The van der Waals surface area contributed by atoms with Gasteiger partial charge in [-0.15, -0.1) is 0 Å². The molecule has 1 aliphatic heterocycles. The number of pyridine rings is 1. The number of aromatic nitrogens is 3. The maximum atomic E-state index is 6.98. The second-order valence-electron chi connectivity index (χ2n) is 9.94. The monoisotopic (exact) mass is 486 g/mol. The lowest BCUT2D eigenvalue weighted by atomic mass is 9.77. The molecule has 1 N–H and O–H groups in total. The Labute approximate surface area is 211 Å². The molecule has 2 aromatic heterocycles. The van der Waals surface area contributed by atoms with Crippen LogP contribution in [0, 0.1) is 13.8 Å². The van der Waals surface area contributed by atoms with Gasteiger partial charge >= 0.3 is 7.12 Å². The minimum absolute atomic E-state index is 0.441. The molecule has 1 aliphatic rings. The van der Waals surface area contributed by atoms with Gasteiger partial charge in [-0.05, 0) is 64.8 Å². The smallest absolute Gasteiger partial charge is 0.399 e.